The number of fused-ring (bicyclic) bond motifs is 6. The normalized spacial score (nSPS) is 12.7. The average molecular weight is 811 g/mol. The first-order chi connectivity index (χ1) is 30.7. The van der Waals surface area contributed by atoms with Crippen molar-refractivity contribution >= 4 is 58.9 Å². The monoisotopic (exact) mass is 810 g/mol. The second kappa shape index (κ2) is 15.1. The third-order valence-corrected chi connectivity index (χ3v) is 13.1. The summed E-state index contributed by atoms with van der Waals surface area (Å²) < 4.78 is 5.07. The predicted molar refractivity (Wildman–Crippen MR) is 261 cm³/mol. The third-order valence-electron chi connectivity index (χ3n) is 12.0. The van der Waals surface area contributed by atoms with Crippen LogP contribution in [0.25, 0.3) is 110 Å². The van der Waals surface area contributed by atoms with Gasteiger partial charge in [-0.2, -0.15) is 0 Å². The Kier molecular flexibility index (Phi) is 8.79. The Labute approximate surface area is 363 Å². The summed E-state index contributed by atoms with van der Waals surface area (Å²) in [6.45, 7) is 0. The Balaban J connectivity index is 1.11. The van der Waals surface area contributed by atoms with Gasteiger partial charge in [0.05, 0.1) is 11.0 Å². The summed E-state index contributed by atoms with van der Waals surface area (Å²) in [6.07, 6.45) is 9.03. The zero-order valence-electron chi connectivity index (χ0n) is 33.7. The fourth-order valence-corrected chi connectivity index (χ4v) is 10.1. The lowest BCUT2D eigenvalue weighted by Crippen LogP contribution is -2.01. The Hall–Kier alpha value is -7.73. The van der Waals surface area contributed by atoms with Crippen LogP contribution in [-0.2, 0) is 0 Å². The summed E-state index contributed by atoms with van der Waals surface area (Å²) >= 11 is 1.87. The van der Waals surface area contributed by atoms with Gasteiger partial charge in [0.25, 0.3) is 0 Å². The highest BCUT2D eigenvalue weighted by atomic mass is 32.1. The van der Waals surface area contributed by atoms with Crippen LogP contribution in [0.15, 0.2) is 206 Å². The van der Waals surface area contributed by atoms with Crippen molar-refractivity contribution in [1.29, 1.82) is 0 Å². The quantitative estimate of drug-likeness (QED) is 0.161. The highest BCUT2D eigenvalue weighted by molar-refractivity contribution is 7.25. The van der Waals surface area contributed by atoms with Crippen molar-refractivity contribution in [3.63, 3.8) is 0 Å². The van der Waals surface area contributed by atoms with E-state index in [2.05, 4.69) is 174 Å². The van der Waals surface area contributed by atoms with Crippen molar-refractivity contribution in [1.82, 2.24) is 19.5 Å². The maximum Gasteiger partial charge on any atom is 0.164 e. The van der Waals surface area contributed by atoms with Crippen molar-refractivity contribution in [2.75, 3.05) is 0 Å². The van der Waals surface area contributed by atoms with E-state index in [1.54, 1.807) is 0 Å². The molecule has 3 aromatic heterocycles. The van der Waals surface area contributed by atoms with E-state index in [1.165, 1.54) is 53.1 Å². The minimum absolute atomic E-state index is 0.626. The number of benzene rings is 8. The lowest BCUT2D eigenvalue weighted by Gasteiger charge is -2.17. The van der Waals surface area contributed by atoms with Crippen molar-refractivity contribution in [3.8, 4) is 62.1 Å². The van der Waals surface area contributed by atoms with Crippen molar-refractivity contribution in [3.05, 3.63) is 212 Å². The van der Waals surface area contributed by atoms with Gasteiger partial charge in [0.1, 0.15) is 0 Å². The van der Waals surface area contributed by atoms with Gasteiger partial charge in [-0.1, -0.05) is 146 Å². The van der Waals surface area contributed by atoms with Crippen LogP contribution in [0.5, 0.6) is 0 Å². The number of thiophene rings is 1. The third kappa shape index (κ3) is 6.42. The molecule has 4 nitrogen and oxygen atoms in total. The molecule has 292 valence electrons. The Morgan fingerprint density at radius 1 is 0.371 bits per heavy atom. The van der Waals surface area contributed by atoms with Crippen molar-refractivity contribution in [2.24, 2.45) is 0 Å². The summed E-state index contributed by atoms with van der Waals surface area (Å²) in [5, 5.41) is 5.12. The average Bonchev–Trinajstić information content (AvgIpc) is 3.88. The molecule has 3 heterocycles. The summed E-state index contributed by atoms with van der Waals surface area (Å²) in [4.78, 5) is 15.4. The number of allylic oxidation sites excluding steroid dienone is 4. The fraction of sp³-hybridized carbons (Fsp3) is 0.0351. The second-order valence-electron chi connectivity index (χ2n) is 15.9. The molecule has 0 unspecified atom stereocenters. The van der Waals surface area contributed by atoms with Crippen LogP contribution in [0.3, 0.4) is 0 Å². The Morgan fingerprint density at radius 2 is 0.919 bits per heavy atom. The van der Waals surface area contributed by atoms with Gasteiger partial charge in [-0.15, -0.1) is 11.3 Å². The molecule has 0 N–H and O–H groups in total. The van der Waals surface area contributed by atoms with Crippen LogP contribution in [-0.4, -0.2) is 19.5 Å². The van der Waals surface area contributed by atoms with E-state index in [0.717, 1.165) is 57.5 Å². The molecule has 0 amide bonds. The van der Waals surface area contributed by atoms with Gasteiger partial charge in [0.2, 0.25) is 0 Å². The van der Waals surface area contributed by atoms with Gasteiger partial charge >= 0.3 is 0 Å². The van der Waals surface area contributed by atoms with Crippen LogP contribution in [0, 0.1) is 0 Å². The number of aromatic nitrogens is 4. The maximum atomic E-state index is 5.18. The zero-order chi connectivity index (χ0) is 41.0. The minimum atomic E-state index is 0.626. The summed E-state index contributed by atoms with van der Waals surface area (Å²) in [7, 11) is 0. The molecule has 8 aromatic carbocycles. The van der Waals surface area contributed by atoms with Crippen molar-refractivity contribution < 1.29 is 0 Å². The largest absolute Gasteiger partial charge is 0.309 e. The van der Waals surface area contributed by atoms with E-state index in [1.807, 2.05) is 47.7 Å². The van der Waals surface area contributed by atoms with Gasteiger partial charge in [-0.3, -0.25) is 0 Å². The topological polar surface area (TPSA) is 43.6 Å². The predicted octanol–water partition coefficient (Wildman–Crippen LogP) is 15.4. The molecular formula is C57H38N4S. The van der Waals surface area contributed by atoms with Crippen LogP contribution in [0.4, 0.5) is 0 Å². The summed E-state index contributed by atoms with van der Waals surface area (Å²) in [5.41, 5.74) is 13.2. The van der Waals surface area contributed by atoms with E-state index in [4.69, 9.17) is 15.0 Å². The number of nitrogens with zero attached hydrogens (tertiary/aromatic N) is 4. The molecule has 1 aliphatic carbocycles. The van der Waals surface area contributed by atoms with Crippen LogP contribution in [0.2, 0.25) is 0 Å². The second-order valence-corrected chi connectivity index (χ2v) is 17.0. The summed E-state index contributed by atoms with van der Waals surface area (Å²) in [6, 6.07) is 67.3. The number of para-hydroxylation sites is 1. The molecule has 0 saturated heterocycles. The van der Waals surface area contributed by atoms with E-state index >= 15 is 0 Å². The Morgan fingerprint density at radius 3 is 1.61 bits per heavy atom. The summed E-state index contributed by atoms with van der Waals surface area (Å²) in [5.74, 6) is 1.90. The number of hydrogen-bond donors (Lipinski definition) is 0. The molecule has 0 bridgehead atoms. The molecule has 0 fully saturated rings. The molecule has 0 saturated carbocycles. The standard InChI is InChI=1S/C57H38N4S/c1-5-17-37(18-6-1)41-29-42(32-45(31-41)57-59-55(39-21-9-3-10-22-39)58-56(60-57)40-23-11-4-12-24-40)44-30-43(38-19-7-2-8-20-38)33-46(34-44)61-51-27-15-13-25-47(51)49-35-50-48-26-14-16-28-53(48)62-54(50)36-52(49)61/h1,3-7,9-36H,2,8H2. The van der Waals surface area contributed by atoms with Gasteiger partial charge in [-0.25, -0.2) is 15.0 Å². The van der Waals surface area contributed by atoms with Crippen LogP contribution in [0.1, 0.15) is 18.4 Å². The number of rotatable bonds is 7. The maximum absolute atomic E-state index is 5.18. The first-order valence-corrected chi connectivity index (χ1v) is 22.0. The number of hydrogen-bond acceptors (Lipinski definition) is 4. The Bertz CT molecular complexity index is 3500. The molecule has 0 radical (unpaired) electrons. The highest BCUT2D eigenvalue weighted by Crippen LogP contribution is 2.42. The van der Waals surface area contributed by atoms with Gasteiger partial charge in [0.15, 0.2) is 17.5 Å². The van der Waals surface area contributed by atoms with Crippen molar-refractivity contribution in [2.45, 2.75) is 12.8 Å². The lowest BCUT2D eigenvalue weighted by atomic mass is 9.92. The fourth-order valence-electron chi connectivity index (χ4n) is 9.03. The molecule has 12 rings (SSSR count). The van der Waals surface area contributed by atoms with E-state index in [9.17, 15) is 0 Å². The molecule has 0 spiro atoms. The minimum Gasteiger partial charge on any atom is -0.309 e. The molecule has 0 aliphatic heterocycles. The van der Waals surface area contributed by atoms with Crippen LogP contribution < -0.4 is 0 Å². The molecule has 5 heteroatoms. The first-order valence-electron chi connectivity index (χ1n) is 21.2. The van der Waals surface area contributed by atoms with E-state index < -0.39 is 0 Å². The molecule has 62 heavy (non-hydrogen) atoms. The highest BCUT2D eigenvalue weighted by Gasteiger charge is 2.19. The van der Waals surface area contributed by atoms with Gasteiger partial charge < -0.3 is 4.57 Å². The molecule has 1 aliphatic rings. The van der Waals surface area contributed by atoms with Gasteiger partial charge in [0, 0.05) is 53.3 Å². The zero-order valence-corrected chi connectivity index (χ0v) is 34.6. The molecular weight excluding hydrogens is 773 g/mol. The van der Waals surface area contributed by atoms with Gasteiger partial charge in [-0.05, 0) is 107 Å². The van der Waals surface area contributed by atoms with Crippen LogP contribution >= 0.6 is 11.3 Å². The molecule has 11 aromatic rings. The SMILES string of the molecule is C1=CC(c2cc(-c3cc(-c4ccccc4)cc(-c4nc(-c5ccccc5)nc(-c5ccccc5)n4)c3)cc(-n3c4ccccc4c4cc5c(cc43)sc3ccccc35)c2)=CCC1. The smallest absolute Gasteiger partial charge is 0.164 e. The van der Waals surface area contributed by atoms with E-state index in [0.29, 0.717) is 17.5 Å². The lowest BCUT2D eigenvalue weighted by molar-refractivity contribution is 1.04. The first kappa shape index (κ1) is 36.1. The van der Waals surface area contributed by atoms with E-state index in [-0.39, 0.29) is 0 Å². The molecule has 0 atom stereocenters.